The molecule has 0 radical (unpaired) electrons. The van der Waals surface area contributed by atoms with E-state index in [1.54, 1.807) is 23.6 Å². The van der Waals surface area contributed by atoms with E-state index in [4.69, 9.17) is 4.98 Å². The van der Waals surface area contributed by atoms with Crippen molar-refractivity contribution in [3.05, 3.63) is 75.8 Å². The second-order valence-corrected chi connectivity index (χ2v) is 9.34. The Morgan fingerprint density at radius 3 is 2.80 bits per heavy atom. The Kier molecular flexibility index (Phi) is 5.16. The molecular formula is C23H24FN5S. The zero-order valence-corrected chi connectivity index (χ0v) is 17.8. The predicted octanol–water partition coefficient (Wildman–Crippen LogP) is 4.05. The lowest BCUT2D eigenvalue weighted by Gasteiger charge is -2.33. The molecular weight excluding hydrogens is 397 g/mol. The van der Waals surface area contributed by atoms with E-state index in [1.807, 2.05) is 12.4 Å². The van der Waals surface area contributed by atoms with E-state index in [1.165, 1.54) is 41.7 Å². The summed E-state index contributed by atoms with van der Waals surface area (Å²) in [5.41, 5.74) is 2.48. The highest BCUT2D eigenvalue weighted by Gasteiger charge is 2.37. The molecule has 5 nitrogen and oxygen atoms in total. The molecule has 1 aliphatic carbocycles. The first-order valence-corrected chi connectivity index (χ1v) is 11.2. The summed E-state index contributed by atoms with van der Waals surface area (Å²) in [6.45, 7) is 4.58. The minimum atomic E-state index is -0.477. The average molecular weight is 422 g/mol. The van der Waals surface area contributed by atoms with Gasteiger partial charge in [-0.1, -0.05) is 12.1 Å². The number of hydrogen-bond donors (Lipinski definition) is 0. The van der Waals surface area contributed by atoms with Crippen LogP contribution in [0.3, 0.4) is 0 Å². The van der Waals surface area contributed by atoms with Crippen LogP contribution in [0.5, 0.6) is 0 Å². The molecule has 1 saturated heterocycles. The second-order valence-electron chi connectivity index (χ2n) is 8.17. The van der Waals surface area contributed by atoms with Crippen molar-refractivity contribution in [2.45, 2.75) is 44.1 Å². The Morgan fingerprint density at radius 1 is 1.20 bits per heavy atom. The molecule has 3 aromatic heterocycles. The van der Waals surface area contributed by atoms with E-state index < -0.39 is 11.4 Å². The molecule has 0 bridgehead atoms. The van der Waals surface area contributed by atoms with Crippen molar-refractivity contribution in [1.82, 2.24) is 24.8 Å². The highest BCUT2D eigenvalue weighted by molar-refractivity contribution is 7.11. The number of aromatic nitrogens is 4. The van der Waals surface area contributed by atoms with E-state index in [-0.39, 0.29) is 0 Å². The monoisotopic (exact) mass is 421 g/mol. The Bertz CT molecular complexity index is 1050. The minimum Gasteiger partial charge on any atom is -0.300 e. The summed E-state index contributed by atoms with van der Waals surface area (Å²) in [6.07, 6.45) is 15.4. The summed E-state index contributed by atoms with van der Waals surface area (Å²) in [7, 11) is 0. The van der Waals surface area contributed by atoms with Crippen LogP contribution in [0.1, 0.15) is 46.5 Å². The lowest BCUT2D eigenvalue weighted by atomic mass is 9.71. The molecule has 0 saturated carbocycles. The van der Waals surface area contributed by atoms with Crippen LogP contribution in [0.15, 0.2) is 43.1 Å². The SMILES string of the molecule is CC1CCCN1CCc1nc2c(s1)CC(c1cncnc1)(c1ccc(F)nc1)C=C2. The molecule has 2 aliphatic rings. The van der Waals surface area contributed by atoms with Crippen molar-refractivity contribution < 1.29 is 4.39 Å². The first-order chi connectivity index (χ1) is 14.6. The number of pyridine rings is 1. The maximum absolute atomic E-state index is 13.5. The number of likely N-dealkylation sites (tertiary alicyclic amines) is 1. The molecule has 0 N–H and O–H groups in total. The Morgan fingerprint density at radius 2 is 2.07 bits per heavy atom. The summed E-state index contributed by atoms with van der Waals surface area (Å²) in [5, 5.41) is 1.18. The number of rotatable bonds is 5. The summed E-state index contributed by atoms with van der Waals surface area (Å²) >= 11 is 1.79. The van der Waals surface area contributed by atoms with Gasteiger partial charge in [-0.15, -0.1) is 11.3 Å². The number of fused-ring (bicyclic) bond motifs is 1. The fraction of sp³-hybridized carbons (Fsp3) is 0.391. The van der Waals surface area contributed by atoms with Gasteiger partial charge in [-0.25, -0.2) is 19.9 Å². The third kappa shape index (κ3) is 3.56. The van der Waals surface area contributed by atoms with Gasteiger partial charge >= 0.3 is 0 Å². The van der Waals surface area contributed by atoms with Crippen LogP contribution >= 0.6 is 11.3 Å². The van der Waals surface area contributed by atoms with E-state index >= 15 is 0 Å². The lowest BCUT2D eigenvalue weighted by Crippen LogP contribution is -2.30. The maximum atomic E-state index is 13.5. The highest BCUT2D eigenvalue weighted by Crippen LogP contribution is 2.42. The predicted molar refractivity (Wildman–Crippen MR) is 116 cm³/mol. The van der Waals surface area contributed by atoms with Crippen molar-refractivity contribution >= 4 is 17.4 Å². The molecule has 4 heterocycles. The van der Waals surface area contributed by atoms with Crippen molar-refractivity contribution in [3.63, 3.8) is 0 Å². The van der Waals surface area contributed by atoms with Crippen LogP contribution in [0.25, 0.3) is 6.08 Å². The third-order valence-electron chi connectivity index (χ3n) is 6.36. The number of allylic oxidation sites excluding steroid dienone is 1. The Hall–Kier alpha value is -2.51. The molecule has 154 valence electrons. The molecule has 1 fully saturated rings. The quantitative estimate of drug-likeness (QED) is 0.582. The standard InChI is InChI=1S/C23H24FN5S/c1-16-3-2-9-29(16)10-7-22-28-19-6-8-23(11-20(19)30-22,18-12-25-15-26-13-18)17-4-5-21(24)27-14-17/h4-6,8,12-16H,2-3,7,9-11H2,1H3. The molecule has 3 aromatic rings. The maximum Gasteiger partial charge on any atom is 0.212 e. The third-order valence-corrected chi connectivity index (χ3v) is 7.49. The smallest absolute Gasteiger partial charge is 0.212 e. The fourth-order valence-corrected chi connectivity index (χ4v) is 5.75. The largest absolute Gasteiger partial charge is 0.300 e. The second kappa shape index (κ2) is 7.96. The summed E-state index contributed by atoms with van der Waals surface area (Å²) < 4.78 is 13.5. The van der Waals surface area contributed by atoms with Gasteiger partial charge in [-0.05, 0) is 44.0 Å². The van der Waals surface area contributed by atoms with Crippen LogP contribution in [0.2, 0.25) is 0 Å². The first kappa shape index (κ1) is 19.5. The molecule has 2 unspecified atom stereocenters. The summed E-state index contributed by atoms with van der Waals surface area (Å²) in [4.78, 5) is 21.1. The normalized spacial score (nSPS) is 23.6. The van der Waals surface area contributed by atoms with Gasteiger partial charge in [0.25, 0.3) is 0 Å². The van der Waals surface area contributed by atoms with Crippen LogP contribution in [0, 0.1) is 5.95 Å². The van der Waals surface area contributed by atoms with E-state index in [9.17, 15) is 4.39 Å². The van der Waals surface area contributed by atoms with Crippen molar-refractivity contribution in [1.29, 1.82) is 0 Å². The van der Waals surface area contributed by atoms with Gasteiger partial charge in [-0.3, -0.25) is 0 Å². The first-order valence-electron chi connectivity index (χ1n) is 10.4. The topological polar surface area (TPSA) is 54.8 Å². The van der Waals surface area contributed by atoms with Gasteiger partial charge in [0.15, 0.2) is 0 Å². The van der Waals surface area contributed by atoms with Gasteiger partial charge in [0, 0.05) is 59.9 Å². The summed E-state index contributed by atoms with van der Waals surface area (Å²) in [6, 6.07) is 3.90. The van der Waals surface area contributed by atoms with Gasteiger partial charge in [0.05, 0.1) is 10.7 Å². The zero-order chi connectivity index (χ0) is 20.6. The van der Waals surface area contributed by atoms with Crippen molar-refractivity contribution in [2.24, 2.45) is 0 Å². The lowest BCUT2D eigenvalue weighted by molar-refractivity contribution is 0.272. The van der Waals surface area contributed by atoms with Crippen LogP contribution in [-0.2, 0) is 18.3 Å². The highest BCUT2D eigenvalue weighted by atomic mass is 32.1. The Balaban J connectivity index is 1.45. The average Bonchev–Trinajstić information content (AvgIpc) is 3.38. The van der Waals surface area contributed by atoms with Crippen LogP contribution < -0.4 is 0 Å². The van der Waals surface area contributed by atoms with Gasteiger partial charge < -0.3 is 4.90 Å². The van der Waals surface area contributed by atoms with Crippen molar-refractivity contribution in [2.75, 3.05) is 13.1 Å². The molecule has 5 rings (SSSR count). The van der Waals surface area contributed by atoms with Gasteiger partial charge in [-0.2, -0.15) is 4.39 Å². The molecule has 30 heavy (non-hydrogen) atoms. The molecule has 0 aromatic carbocycles. The van der Waals surface area contributed by atoms with Crippen LogP contribution in [0.4, 0.5) is 4.39 Å². The van der Waals surface area contributed by atoms with E-state index in [0.29, 0.717) is 6.04 Å². The number of nitrogens with zero attached hydrogens (tertiary/aromatic N) is 5. The number of halogens is 1. The fourth-order valence-electron chi connectivity index (χ4n) is 4.61. The number of thiazole rings is 1. The minimum absolute atomic E-state index is 0.470. The molecule has 0 amide bonds. The van der Waals surface area contributed by atoms with Crippen molar-refractivity contribution in [3.8, 4) is 0 Å². The molecule has 1 aliphatic heterocycles. The summed E-state index contributed by atoms with van der Waals surface area (Å²) in [5.74, 6) is -0.477. The molecule has 0 spiro atoms. The molecule has 2 atom stereocenters. The van der Waals surface area contributed by atoms with Crippen LogP contribution in [-0.4, -0.2) is 44.0 Å². The van der Waals surface area contributed by atoms with E-state index in [2.05, 4.69) is 38.9 Å². The van der Waals surface area contributed by atoms with Gasteiger partial charge in [0.2, 0.25) is 5.95 Å². The number of hydrogen-bond acceptors (Lipinski definition) is 6. The molecule has 7 heteroatoms. The zero-order valence-electron chi connectivity index (χ0n) is 17.0. The van der Waals surface area contributed by atoms with Gasteiger partial charge in [0.1, 0.15) is 6.33 Å². The Labute approximate surface area is 179 Å². The van der Waals surface area contributed by atoms with E-state index in [0.717, 1.165) is 36.2 Å².